The minimum Gasteiger partial charge on any atom is -0.355 e. The molecule has 0 spiro atoms. The molecular weight excluding hydrogens is 174 g/mol. The number of carbonyl (C=O) groups excluding carboxylic acids is 1. The number of hydrogen-bond donors (Lipinski definition) is 1. The third-order valence-corrected chi connectivity index (χ3v) is 2.23. The van der Waals surface area contributed by atoms with Crippen LogP contribution in [0.1, 0.15) is 48.0 Å². The zero-order chi connectivity index (χ0) is 11.4. The van der Waals surface area contributed by atoms with Gasteiger partial charge in [0.1, 0.15) is 0 Å². The monoisotopic (exact) mass is 199 g/mol. The summed E-state index contributed by atoms with van der Waals surface area (Å²) in [7, 11) is 0. The van der Waals surface area contributed by atoms with Crippen molar-refractivity contribution in [3.63, 3.8) is 0 Å². The second-order valence-electron chi connectivity index (χ2n) is 5.63. The molecule has 14 heavy (non-hydrogen) atoms. The summed E-state index contributed by atoms with van der Waals surface area (Å²) in [5, 5.41) is 2.99. The lowest BCUT2D eigenvalue weighted by molar-refractivity contribution is -0.124. The van der Waals surface area contributed by atoms with Crippen molar-refractivity contribution in [2.45, 2.75) is 48.0 Å². The first kappa shape index (κ1) is 13.5. The van der Waals surface area contributed by atoms with Crippen molar-refractivity contribution in [2.24, 2.45) is 17.3 Å². The number of rotatable bonds is 5. The fourth-order valence-electron chi connectivity index (χ4n) is 1.71. The van der Waals surface area contributed by atoms with E-state index in [4.69, 9.17) is 0 Å². The highest BCUT2D eigenvalue weighted by Gasteiger charge is 2.20. The standard InChI is InChI=1S/C12H25NO/c1-9(2)7-12(5,6)8-13-11(14)10(3)4/h9-10H,7-8H2,1-6H3,(H,13,14). The van der Waals surface area contributed by atoms with Crippen LogP contribution in [0.5, 0.6) is 0 Å². The van der Waals surface area contributed by atoms with Crippen molar-refractivity contribution in [1.29, 1.82) is 0 Å². The van der Waals surface area contributed by atoms with Crippen LogP contribution >= 0.6 is 0 Å². The van der Waals surface area contributed by atoms with Gasteiger partial charge < -0.3 is 5.32 Å². The summed E-state index contributed by atoms with van der Waals surface area (Å²) < 4.78 is 0. The summed E-state index contributed by atoms with van der Waals surface area (Å²) in [5.41, 5.74) is 0.207. The Labute approximate surface area is 88.5 Å². The van der Waals surface area contributed by atoms with Gasteiger partial charge in [0.15, 0.2) is 0 Å². The lowest BCUT2D eigenvalue weighted by Gasteiger charge is -2.27. The molecule has 0 saturated heterocycles. The van der Waals surface area contributed by atoms with Gasteiger partial charge in [-0.25, -0.2) is 0 Å². The van der Waals surface area contributed by atoms with Crippen LogP contribution in [0.3, 0.4) is 0 Å². The van der Waals surface area contributed by atoms with Crippen molar-refractivity contribution in [2.75, 3.05) is 6.54 Å². The number of nitrogens with one attached hydrogen (secondary N) is 1. The SMILES string of the molecule is CC(C)CC(C)(C)CNC(=O)C(C)C. The Morgan fingerprint density at radius 2 is 1.71 bits per heavy atom. The maximum atomic E-state index is 11.4. The van der Waals surface area contributed by atoms with Crippen LogP contribution in [0.15, 0.2) is 0 Å². The predicted octanol–water partition coefficient (Wildman–Crippen LogP) is 2.83. The lowest BCUT2D eigenvalue weighted by Crippen LogP contribution is -2.36. The van der Waals surface area contributed by atoms with Crippen LogP contribution in [0.2, 0.25) is 0 Å². The van der Waals surface area contributed by atoms with Gasteiger partial charge in [0.2, 0.25) is 5.91 Å². The van der Waals surface area contributed by atoms with Crippen molar-refractivity contribution in [1.82, 2.24) is 5.32 Å². The van der Waals surface area contributed by atoms with Gasteiger partial charge in [-0.05, 0) is 17.8 Å². The van der Waals surface area contributed by atoms with E-state index in [0.29, 0.717) is 5.92 Å². The number of carbonyl (C=O) groups is 1. The van der Waals surface area contributed by atoms with Crippen molar-refractivity contribution in [3.8, 4) is 0 Å². The Morgan fingerprint density at radius 1 is 1.21 bits per heavy atom. The van der Waals surface area contributed by atoms with E-state index in [1.807, 2.05) is 13.8 Å². The first-order valence-corrected chi connectivity index (χ1v) is 5.52. The molecule has 0 saturated carbocycles. The number of hydrogen-bond acceptors (Lipinski definition) is 1. The summed E-state index contributed by atoms with van der Waals surface area (Å²) in [4.78, 5) is 11.4. The van der Waals surface area contributed by atoms with E-state index in [1.54, 1.807) is 0 Å². The Balaban J connectivity index is 3.92. The Morgan fingerprint density at radius 3 is 2.07 bits per heavy atom. The Kier molecular flexibility index (Phi) is 5.17. The van der Waals surface area contributed by atoms with Gasteiger partial charge in [-0.3, -0.25) is 4.79 Å². The van der Waals surface area contributed by atoms with Gasteiger partial charge in [0, 0.05) is 12.5 Å². The van der Waals surface area contributed by atoms with E-state index in [1.165, 1.54) is 0 Å². The van der Waals surface area contributed by atoms with Gasteiger partial charge in [-0.1, -0.05) is 41.5 Å². The van der Waals surface area contributed by atoms with E-state index >= 15 is 0 Å². The lowest BCUT2D eigenvalue weighted by atomic mass is 9.84. The van der Waals surface area contributed by atoms with Crippen molar-refractivity contribution >= 4 is 5.91 Å². The highest BCUT2D eigenvalue weighted by Crippen LogP contribution is 2.24. The minimum absolute atomic E-state index is 0.0878. The van der Waals surface area contributed by atoms with E-state index < -0.39 is 0 Å². The second-order valence-corrected chi connectivity index (χ2v) is 5.63. The molecule has 1 amide bonds. The third-order valence-electron chi connectivity index (χ3n) is 2.23. The van der Waals surface area contributed by atoms with E-state index in [-0.39, 0.29) is 17.2 Å². The van der Waals surface area contributed by atoms with Gasteiger partial charge in [0.25, 0.3) is 0 Å². The minimum atomic E-state index is 0.0878. The average Bonchev–Trinajstić information content (AvgIpc) is 1.97. The molecule has 0 aromatic rings. The Bertz CT molecular complexity index is 183. The van der Waals surface area contributed by atoms with Crippen LogP contribution in [0.4, 0.5) is 0 Å². The van der Waals surface area contributed by atoms with Crippen molar-refractivity contribution in [3.05, 3.63) is 0 Å². The van der Waals surface area contributed by atoms with E-state index in [2.05, 4.69) is 33.0 Å². The molecule has 0 aliphatic heterocycles. The molecule has 1 N–H and O–H groups in total. The van der Waals surface area contributed by atoms with Crippen LogP contribution in [-0.2, 0) is 4.79 Å². The summed E-state index contributed by atoms with van der Waals surface area (Å²) in [6, 6.07) is 0. The third kappa shape index (κ3) is 6.01. The zero-order valence-corrected chi connectivity index (χ0v) is 10.5. The maximum Gasteiger partial charge on any atom is 0.222 e. The van der Waals surface area contributed by atoms with Gasteiger partial charge in [-0.2, -0.15) is 0 Å². The molecular formula is C12H25NO. The molecule has 0 aromatic carbocycles. The summed E-state index contributed by atoms with van der Waals surface area (Å²) in [5.74, 6) is 0.924. The molecule has 0 aromatic heterocycles. The van der Waals surface area contributed by atoms with Gasteiger partial charge >= 0.3 is 0 Å². The molecule has 0 atom stereocenters. The number of amides is 1. The van der Waals surface area contributed by atoms with Crippen LogP contribution in [0, 0.1) is 17.3 Å². The molecule has 0 heterocycles. The normalized spacial score (nSPS) is 12.3. The van der Waals surface area contributed by atoms with Crippen LogP contribution < -0.4 is 5.32 Å². The van der Waals surface area contributed by atoms with E-state index in [9.17, 15) is 4.79 Å². The maximum absolute atomic E-state index is 11.4. The highest BCUT2D eigenvalue weighted by molar-refractivity contribution is 5.77. The van der Waals surface area contributed by atoms with Crippen LogP contribution in [-0.4, -0.2) is 12.5 Å². The molecule has 0 radical (unpaired) electrons. The topological polar surface area (TPSA) is 29.1 Å². The second kappa shape index (κ2) is 5.38. The summed E-state index contributed by atoms with van der Waals surface area (Å²) in [6.45, 7) is 13.5. The fraction of sp³-hybridized carbons (Fsp3) is 0.917. The predicted molar refractivity (Wildman–Crippen MR) is 61.1 cm³/mol. The van der Waals surface area contributed by atoms with Gasteiger partial charge in [-0.15, -0.1) is 0 Å². The van der Waals surface area contributed by atoms with Crippen molar-refractivity contribution < 1.29 is 4.79 Å². The molecule has 0 aliphatic carbocycles. The zero-order valence-electron chi connectivity index (χ0n) is 10.5. The molecule has 2 heteroatoms. The quantitative estimate of drug-likeness (QED) is 0.725. The first-order chi connectivity index (χ1) is 6.24. The molecule has 0 aliphatic rings. The Hall–Kier alpha value is -0.530. The molecule has 2 nitrogen and oxygen atoms in total. The molecule has 0 fully saturated rings. The largest absolute Gasteiger partial charge is 0.355 e. The fourth-order valence-corrected chi connectivity index (χ4v) is 1.71. The van der Waals surface area contributed by atoms with Crippen LogP contribution in [0.25, 0.3) is 0 Å². The summed E-state index contributed by atoms with van der Waals surface area (Å²) >= 11 is 0. The molecule has 0 bridgehead atoms. The first-order valence-electron chi connectivity index (χ1n) is 5.52. The van der Waals surface area contributed by atoms with E-state index in [0.717, 1.165) is 13.0 Å². The molecule has 0 unspecified atom stereocenters. The summed E-state index contributed by atoms with van der Waals surface area (Å²) in [6.07, 6.45) is 1.14. The van der Waals surface area contributed by atoms with Gasteiger partial charge in [0.05, 0.1) is 0 Å². The molecule has 0 rings (SSSR count). The highest BCUT2D eigenvalue weighted by atomic mass is 16.1. The molecule has 84 valence electrons. The smallest absolute Gasteiger partial charge is 0.222 e. The average molecular weight is 199 g/mol.